The Bertz CT molecular complexity index is 846. The Morgan fingerprint density at radius 3 is 2.54 bits per heavy atom. The van der Waals surface area contributed by atoms with E-state index in [0.29, 0.717) is 11.4 Å². The van der Waals surface area contributed by atoms with E-state index in [0.717, 1.165) is 37.0 Å². The van der Waals surface area contributed by atoms with Gasteiger partial charge < -0.3 is 14.8 Å². The molecule has 1 fully saturated rings. The summed E-state index contributed by atoms with van der Waals surface area (Å²) in [6, 6.07) is 13.1. The van der Waals surface area contributed by atoms with Crippen LogP contribution < -0.4 is 14.8 Å². The van der Waals surface area contributed by atoms with Crippen molar-refractivity contribution in [2.75, 3.05) is 7.11 Å². The molecule has 1 aliphatic rings. The number of nitriles is 1. The van der Waals surface area contributed by atoms with Crippen molar-refractivity contribution in [1.29, 1.82) is 5.26 Å². The standard InChI is InChI=1S/C22H23N3O3/c1-27-19-8-2-16(3-9-19)4-12-21(26)25-18-6-10-20(11-7-18)28-22-13-5-17(14-23)15-24-22/h2-5,8-9,12-13,15,18,20H,6-7,10-11H2,1H3,(H,25,26)/b12-4+. The van der Waals surface area contributed by atoms with E-state index in [1.807, 2.05) is 30.3 Å². The average Bonchev–Trinajstić information content (AvgIpc) is 2.74. The molecule has 0 spiro atoms. The van der Waals surface area contributed by atoms with Gasteiger partial charge in [0.25, 0.3) is 0 Å². The molecule has 1 heterocycles. The van der Waals surface area contributed by atoms with Gasteiger partial charge in [-0.3, -0.25) is 4.79 Å². The number of nitrogens with zero attached hydrogens (tertiary/aromatic N) is 2. The van der Waals surface area contributed by atoms with Crippen LogP contribution in [0.1, 0.15) is 36.8 Å². The highest BCUT2D eigenvalue weighted by Crippen LogP contribution is 2.23. The summed E-state index contributed by atoms with van der Waals surface area (Å²) in [6.07, 6.45) is 8.39. The molecule has 2 aromatic rings. The number of hydrogen-bond donors (Lipinski definition) is 1. The zero-order valence-corrected chi connectivity index (χ0v) is 15.8. The summed E-state index contributed by atoms with van der Waals surface area (Å²) >= 11 is 0. The normalized spacial score (nSPS) is 19.0. The fraction of sp³-hybridized carbons (Fsp3) is 0.318. The molecule has 0 saturated heterocycles. The minimum absolute atomic E-state index is 0.0865. The van der Waals surface area contributed by atoms with Crippen molar-refractivity contribution in [2.45, 2.75) is 37.8 Å². The molecule has 1 aromatic carbocycles. The zero-order valence-electron chi connectivity index (χ0n) is 15.8. The van der Waals surface area contributed by atoms with E-state index in [1.165, 1.54) is 6.20 Å². The number of hydrogen-bond acceptors (Lipinski definition) is 5. The maximum atomic E-state index is 12.2. The van der Waals surface area contributed by atoms with Crippen molar-refractivity contribution in [2.24, 2.45) is 0 Å². The van der Waals surface area contributed by atoms with Crippen LogP contribution in [-0.2, 0) is 4.79 Å². The summed E-state index contributed by atoms with van der Waals surface area (Å²) in [4.78, 5) is 16.3. The van der Waals surface area contributed by atoms with E-state index in [1.54, 1.807) is 31.4 Å². The fourth-order valence-electron chi connectivity index (χ4n) is 3.15. The van der Waals surface area contributed by atoms with Crippen molar-refractivity contribution >= 4 is 12.0 Å². The molecule has 144 valence electrons. The highest BCUT2D eigenvalue weighted by Gasteiger charge is 2.23. The molecule has 6 nitrogen and oxygen atoms in total. The van der Waals surface area contributed by atoms with Gasteiger partial charge in [0.05, 0.1) is 12.7 Å². The van der Waals surface area contributed by atoms with E-state index in [-0.39, 0.29) is 18.1 Å². The van der Waals surface area contributed by atoms with Crippen LogP contribution in [0.4, 0.5) is 0 Å². The van der Waals surface area contributed by atoms with E-state index in [4.69, 9.17) is 14.7 Å². The lowest BCUT2D eigenvalue weighted by molar-refractivity contribution is -0.117. The number of aromatic nitrogens is 1. The highest BCUT2D eigenvalue weighted by atomic mass is 16.5. The van der Waals surface area contributed by atoms with E-state index in [2.05, 4.69) is 10.3 Å². The number of benzene rings is 1. The molecule has 1 saturated carbocycles. The third-order valence-corrected chi connectivity index (χ3v) is 4.72. The molecule has 0 unspecified atom stereocenters. The summed E-state index contributed by atoms with van der Waals surface area (Å²) in [6.45, 7) is 0. The Hall–Kier alpha value is -3.33. The van der Waals surface area contributed by atoms with Crippen LogP contribution in [0.3, 0.4) is 0 Å². The molecule has 0 bridgehead atoms. The van der Waals surface area contributed by atoms with Gasteiger partial charge in [0.1, 0.15) is 17.9 Å². The third kappa shape index (κ3) is 5.58. The molecule has 1 amide bonds. The van der Waals surface area contributed by atoms with E-state index < -0.39 is 0 Å². The van der Waals surface area contributed by atoms with Gasteiger partial charge in [-0.1, -0.05) is 12.1 Å². The summed E-state index contributed by atoms with van der Waals surface area (Å²) in [5.74, 6) is 1.24. The van der Waals surface area contributed by atoms with Crippen LogP contribution in [0.25, 0.3) is 6.08 Å². The van der Waals surface area contributed by atoms with Crippen molar-refractivity contribution in [1.82, 2.24) is 10.3 Å². The monoisotopic (exact) mass is 377 g/mol. The number of rotatable bonds is 6. The van der Waals surface area contributed by atoms with Gasteiger partial charge in [0.15, 0.2) is 0 Å². The molecule has 0 radical (unpaired) electrons. The highest BCUT2D eigenvalue weighted by molar-refractivity contribution is 5.91. The van der Waals surface area contributed by atoms with Crippen molar-refractivity contribution < 1.29 is 14.3 Å². The average molecular weight is 377 g/mol. The molecule has 1 N–H and O–H groups in total. The zero-order chi connectivity index (χ0) is 19.8. The number of methoxy groups -OCH3 is 1. The van der Waals surface area contributed by atoms with E-state index in [9.17, 15) is 4.79 Å². The van der Waals surface area contributed by atoms with Crippen LogP contribution in [0.15, 0.2) is 48.7 Å². The second kappa shape index (κ2) is 9.56. The van der Waals surface area contributed by atoms with Gasteiger partial charge in [-0.05, 0) is 55.5 Å². The quantitative estimate of drug-likeness (QED) is 0.779. The first-order valence-corrected chi connectivity index (χ1v) is 9.31. The predicted octanol–water partition coefficient (Wildman–Crippen LogP) is 3.48. The second-order valence-electron chi connectivity index (χ2n) is 6.70. The number of amides is 1. The first-order valence-electron chi connectivity index (χ1n) is 9.31. The van der Waals surface area contributed by atoms with Crippen LogP contribution in [0, 0.1) is 11.3 Å². The molecule has 0 atom stereocenters. The Balaban J connectivity index is 1.42. The van der Waals surface area contributed by atoms with Gasteiger partial charge in [-0.15, -0.1) is 0 Å². The smallest absolute Gasteiger partial charge is 0.244 e. The summed E-state index contributed by atoms with van der Waals surface area (Å²) in [5, 5.41) is 11.9. The van der Waals surface area contributed by atoms with Crippen molar-refractivity contribution in [3.05, 3.63) is 59.8 Å². The van der Waals surface area contributed by atoms with Gasteiger partial charge in [0, 0.05) is 24.4 Å². The van der Waals surface area contributed by atoms with Crippen molar-refractivity contribution in [3.63, 3.8) is 0 Å². The molecule has 0 aliphatic heterocycles. The Morgan fingerprint density at radius 1 is 1.18 bits per heavy atom. The number of pyridine rings is 1. The number of carbonyl (C=O) groups excluding carboxylic acids is 1. The molecule has 3 rings (SSSR count). The summed E-state index contributed by atoms with van der Waals surface area (Å²) in [7, 11) is 1.62. The van der Waals surface area contributed by atoms with Crippen molar-refractivity contribution in [3.8, 4) is 17.7 Å². The van der Waals surface area contributed by atoms with E-state index >= 15 is 0 Å². The lowest BCUT2D eigenvalue weighted by atomic mass is 9.93. The largest absolute Gasteiger partial charge is 0.497 e. The Kier molecular flexibility index (Phi) is 6.64. The van der Waals surface area contributed by atoms with Crippen LogP contribution in [0.2, 0.25) is 0 Å². The van der Waals surface area contributed by atoms with Gasteiger partial charge in [-0.25, -0.2) is 4.98 Å². The Labute approximate surface area is 164 Å². The van der Waals surface area contributed by atoms with Crippen LogP contribution >= 0.6 is 0 Å². The van der Waals surface area contributed by atoms with Gasteiger partial charge in [0.2, 0.25) is 11.8 Å². The summed E-state index contributed by atoms with van der Waals surface area (Å²) < 4.78 is 11.0. The van der Waals surface area contributed by atoms with Gasteiger partial charge >= 0.3 is 0 Å². The number of ether oxygens (including phenoxy) is 2. The maximum Gasteiger partial charge on any atom is 0.244 e. The first kappa shape index (κ1) is 19.4. The molecule has 28 heavy (non-hydrogen) atoms. The molecule has 1 aliphatic carbocycles. The Morgan fingerprint density at radius 2 is 1.93 bits per heavy atom. The predicted molar refractivity (Wildman–Crippen MR) is 106 cm³/mol. The van der Waals surface area contributed by atoms with Crippen LogP contribution in [-0.4, -0.2) is 30.1 Å². The topological polar surface area (TPSA) is 84.2 Å². The third-order valence-electron chi connectivity index (χ3n) is 4.72. The van der Waals surface area contributed by atoms with Gasteiger partial charge in [-0.2, -0.15) is 5.26 Å². The minimum atomic E-state index is -0.0889. The lowest BCUT2D eigenvalue weighted by Crippen LogP contribution is -2.39. The number of carbonyl (C=O) groups is 1. The first-order chi connectivity index (χ1) is 13.7. The second-order valence-corrected chi connectivity index (χ2v) is 6.70. The minimum Gasteiger partial charge on any atom is -0.497 e. The molecule has 6 heteroatoms. The lowest BCUT2D eigenvalue weighted by Gasteiger charge is -2.28. The SMILES string of the molecule is COc1ccc(/C=C/C(=O)NC2CCC(Oc3ccc(C#N)cn3)CC2)cc1. The molecular formula is C22H23N3O3. The fourth-order valence-corrected chi connectivity index (χ4v) is 3.15. The number of nitrogens with one attached hydrogen (secondary N) is 1. The van der Waals surface area contributed by atoms with Crippen LogP contribution in [0.5, 0.6) is 11.6 Å². The summed E-state index contributed by atoms with van der Waals surface area (Å²) in [5.41, 5.74) is 1.46. The molecular weight excluding hydrogens is 354 g/mol. The maximum absolute atomic E-state index is 12.2. The molecule has 1 aromatic heterocycles.